The van der Waals surface area contributed by atoms with Crippen LogP contribution >= 0.6 is 15.6 Å². The monoisotopic (exact) mass is 1450 g/mol. The summed E-state index contributed by atoms with van der Waals surface area (Å²) in [5, 5.41) is 10.6. The lowest BCUT2D eigenvalue weighted by molar-refractivity contribution is -0.161. The predicted molar refractivity (Wildman–Crippen MR) is 409 cm³/mol. The molecule has 0 aromatic rings. The number of phosphoric ester groups is 2. The van der Waals surface area contributed by atoms with Gasteiger partial charge < -0.3 is 33.8 Å². The van der Waals surface area contributed by atoms with Gasteiger partial charge in [-0.25, -0.2) is 9.13 Å². The summed E-state index contributed by atoms with van der Waals surface area (Å²) in [6.45, 7) is 4.74. The van der Waals surface area contributed by atoms with E-state index >= 15 is 0 Å². The molecule has 100 heavy (non-hydrogen) atoms. The van der Waals surface area contributed by atoms with E-state index in [1.165, 1.54) is 116 Å². The van der Waals surface area contributed by atoms with Gasteiger partial charge in [-0.05, 0) is 122 Å². The van der Waals surface area contributed by atoms with Crippen molar-refractivity contribution in [1.29, 1.82) is 0 Å². The molecule has 0 heterocycles. The molecule has 0 aliphatic carbocycles. The Morgan fingerprint density at radius 2 is 0.530 bits per heavy atom. The molecule has 0 radical (unpaired) electrons. The Morgan fingerprint density at radius 1 is 0.290 bits per heavy atom. The fraction of sp³-hybridized carbons (Fsp3) is 0.753. The molecule has 2 unspecified atom stereocenters. The van der Waals surface area contributed by atoms with Crippen LogP contribution in [0.3, 0.4) is 0 Å². The second-order valence-corrected chi connectivity index (χ2v) is 29.2. The Morgan fingerprint density at radius 3 is 0.880 bits per heavy atom. The fourth-order valence-electron chi connectivity index (χ4n) is 10.5. The Kier molecular flexibility index (Phi) is 70.4. The summed E-state index contributed by atoms with van der Waals surface area (Å²) in [5.74, 6) is -2.26. The summed E-state index contributed by atoms with van der Waals surface area (Å²) < 4.78 is 68.5. The number of carbonyl (C=O) groups excluding carboxylic acids is 4. The SMILES string of the molecule is CCCCC/C=C\C/C=C\C/C=C\C/C=C\CCCC(=O)OC[C@H](COP(=O)(O)OC[C@@H](O)COP(=O)(O)OC[C@@H](COC(=O)CCCCCCC/C=C\C/C=C\CCCCC)OC(=O)CCCCCCCCCCCCCCC)OC(=O)CCCCCCC/C=C\C=C/CCCCCC. The first-order chi connectivity index (χ1) is 48.7. The standard InChI is InChI=1S/C81H142O17P2/c1-5-9-13-17-21-25-29-33-36-37-40-43-46-50-54-58-62-66-79(84)92-72-77(98-81(86)68-64-60-56-52-48-44-39-35-31-27-23-19-15-11-7-3)74-96-100(89,90)94-70-75(82)69-93-99(87,88)95-73-76(97-80(85)67-63-59-55-51-47-41-32-28-24-20-16-12-8-4)71-91-78(83)65-61-57-53-49-45-42-38-34-30-26-22-18-14-10-6-2/h21-22,25-27,31,33-36,38-40,43,50,54,75-77,82H,5-20,23-24,28-30,32,37,41-42,44-49,51-53,55-74H2,1-4H3,(H,87,88)(H,89,90)/b25-21-,26-22-,31-27-,36-33-,38-34-,39-35-,43-40-,54-50-/t75-,76+,77+/m0/s1. The van der Waals surface area contributed by atoms with Crippen molar-refractivity contribution in [2.45, 2.75) is 354 Å². The molecule has 0 amide bonds. The second-order valence-electron chi connectivity index (χ2n) is 26.3. The van der Waals surface area contributed by atoms with E-state index in [1.54, 1.807) is 0 Å². The predicted octanol–water partition coefficient (Wildman–Crippen LogP) is 22.8. The van der Waals surface area contributed by atoms with Gasteiger partial charge in [-0.15, -0.1) is 0 Å². The Bertz CT molecular complexity index is 2270. The summed E-state index contributed by atoms with van der Waals surface area (Å²) in [7, 11) is -9.97. The third kappa shape index (κ3) is 72.3. The lowest BCUT2D eigenvalue weighted by Crippen LogP contribution is -2.30. The number of ether oxygens (including phenoxy) is 4. The normalized spacial score (nSPS) is 14.4. The van der Waals surface area contributed by atoms with Crippen LogP contribution in [-0.4, -0.2) is 96.7 Å². The Balaban J connectivity index is 5.41. The van der Waals surface area contributed by atoms with Gasteiger partial charge in [0.15, 0.2) is 12.2 Å². The van der Waals surface area contributed by atoms with Crippen LogP contribution in [0.15, 0.2) is 97.2 Å². The molecule has 578 valence electrons. The third-order valence-electron chi connectivity index (χ3n) is 16.5. The molecule has 0 fully saturated rings. The zero-order chi connectivity index (χ0) is 73.2. The minimum atomic E-state index is -4.99. The van der Waals surface area contributed by atoms with Gasteiger partial charge in [-0.1, -0.05) is 285 Å². The van der Waals surface area contributed by atoms with Gasteiger partial charge in [-0.2, -0.15) is 0 Å². The molecule has 0 spiro atoms. The van der Waals surface area contributed by atoms with Crippen LogP contribution in [0, 0.1) is 0 Å². The second kappa shape index (κ2) is 73.3. The number of aliphatic hydroxyl groups excluding tert-OH is 1. The number of allylic oxidation sites excluding steroid dienone is 16. The molecule has 0 bridgehead atoms. The molecular formula is C81H142O17P2. The van der Waals surface area contributed by atoms with Gasteiger partial charge >= 0.3 is 39.5 Å². The zero-order valence-corrected chi connectivity index (χ0v) is 64.9. The Hall–Kier alpha value is -4.02. The van der Waals surface area contributed by atoms with Crippen LogP contribution in [-0.2, 0) is 65.4 Å². The number of aliphatic hydroxyl groups is 1. The molecule has 0 aromatic heterocycles. The maximum Gasteiger partial charge on any atom is 0.472 e. The maximum absolute atomic E-state index is 13.1. The van der Waals surface area contributed by atoms with E-state index in [4.69, 9.17) is 37.0 Å². The van der Waals surface area contributed by atoms with E-state index in [0.717, 1.165) is 135 Å². The van der Waals surface area contributed by atoms with Crippen molar-refractivity contribution in [2.24, 2.45) is 0 Å². The molecule has 0 saturated carbocycles. The van der Waals surface area contributed by atoms with E-state index in [9.17, 15) is 43.2 Å². The van der Waals surface area contributed by atoms with E-state index in [1.807, 2.05) is 12.2 Å². The average molecular weight is 1450 g/mol. The van der Waals surface area contributed by atoms with Crippen molar-refractivity contribution >= 4 is 39.5 Å². The van der Waals surface area contributed by atoms with E-state index in [2.05, 4.69) is 113 Å². The summed E-state index contributed by atoms with van der Waals surface area (Å²) >= 11 is 0. The quantitative estimate of drug-likeness (QED) is 0.0128. The first kappa shape index (κ1) is 96.0. The number of phosphoric acid groups is 2. The largest absolute Gasteiger partial charge is 0.472 e. The van der Waals surface area contributed by atoms with Gasteiger partial charge in [0.2, 0.25) is 0 Å². The first-order valence-corrected chi connectivity index (χ1v) is 42.5. The van der Waals surface area contributed by atoms with Crippen LogP contribution in [0.2, 0.25) is 0 Å². The minimum absolute atomic E-state index is 0.0658. The van der Waals surface area contributed by atoms with Gasteiger partial charge in [-0.3, -0.25) is 37.3 Å². The molecule has 0 saturated heterocycles. The number of hydrogen-bond acceptors (Lipinski definition) is 15. The lowest BCUT2D eigenvalue weighted by atomic mass is 10.0. The number of rotatable bonds is 74. The summed E-state index contributed by atoms with van der Waals surface area (Å²) in [4.78, 5) is 72.9. The van der Waals surface area contributed by atoms with Gasteiger partial charge in [0.1, 0.15) is 19.3 Å². The molecule has 17 nitrogen and oxygen atoms in total. The van der Waals surface area contributed by atoms with Crippen molar-refractivity contribution in [3.05, 3.63) is 97.2 Å². The minimum Gasteiger partial charge on any atom is -0.462 e. The van der Waals surface area contributed by atoms with E-state index in [0.29, 0.717) is 32.1 Å². The third-order valence-corrected chi connectivity index (χ3v) is 18.4. The van der Waals surface area contributed by atoms with Crippen LogP contribution in [0.25, 0.3) is 0 Å². The molecule has 3 N–H and O–H groups in total. The average Bonchev–Trinajstić information content (AvgIpc) is 1.06. The molecule has 0 aliphatic heterocycles. The van der Waals surface area contributed by atoms with Crippen LogP contribution in [0.5, 0.6) is 0 Å². The van der Waals surface area contributed by atoms with E-state index < -0.39 is 97.5 Å². The summed E-state index contributed by atoms with van der Waals surface area (Å²) in [6, 6.07) is 0. The van der Waals surface area contributed by atoms with Crippen molar-refractivity contribution in [2.75, 3.05) is 39.6 Å². The molecule has 0 aliphatic rings. The Labute approximate surface area is 607 Å². The molecule has 5 atom stereocenters. The first-order valence-electron chi connectivity index (χ1n) is 39.5. The van der Waals surface area contributed by atoms with Gasteiger partial charge in [0, 0.05) is 25.7 Å². The van der Waals surface area contributed by atoms with Crippen molar-refractivity contribution < 1.29 is 80.2 Å². The zero-order valence-electron chi connectivity index (χ0n) is 63.1. The topological polar surface area (TPSA) is 237 Å². The smallest absolute Gasteiger partial charge is 0.462 e. The number of esters is 4. The molecule has 0 aromatic carbocycles. The highest BCUT2D eigenvalue weighted by Crippen LogP contribution is 2.45. The van der Waals surface area contributed by atoms with Crippen molar-refractivity contribution in [1.82, 2.24) is 0 Å². The van der Waals surface area contributed by atoms with E-state index in [-0.39, 0.29) is 25.7 Å². The van der Waals surface area contributed by atoms with Crippen molar-refractivity contribution in [3.8, 4) is 0 Å². The maximum atomic E-state index is 13.1. The number of hydrogen-bond donors (Lipinski definition) is 3. The highest BCUT2D eigenvalue weighted by atomic mass is 31.2. The molecule has 0 rings (SSSR count). The molecule has 19 heteroatoms. The highest BCUT2D eigenvalue weighted by molar-refractivity contribution is 7.47. The summed E-state index contributed by atoms with van der Waals surface area (Å²) in [6.07, 6.45) is 76.8. The van der Waals surface area contributed by atoms with Crippen LogP contribution in [0.1, 0.15) is 336 Å². The number of unbranched alkanes of at least 4 members (excludes halogenated alkanes) is 33. The van der Waals surface area contributed by atoms with Crippen LogP contribution in [0.4, 0.5) is 0 Å². The lowest BCUT2D eigenvalue weighted by Gasteiger charge is -2.21. The van der Waals surface area contributed by atoms with Gasteiger partial charge in [0.05, 0.1) is 26.4 Å². The summed E-state index contributed by atoms with van der Waals surface area (Å²) in [5.41, 5.74) is 0. The number of carbonyl (C=O) groups is 4. The molecular weight excluding hydrogens is 1310 g/mol. The fourth-order valence-corrected chi connectivity index (χ4v) is 12.0. The highest BCUT2D eigenvalue weighted by Gasteiger charge is 2.30. The van der Waals surface area contributed by atoms with Crippen LogP contribution < -0.4 is 0 Å². The van der Waals surface area contributed by atoms with Gasteiger partial charge in [0.25, 0.3) is 0 Å². The van der Waals surface area contributed by atoms with Crippen molar-refractivity contribution in [3.63, 3.8) is 0 Å².